The zero-order valence-corrected chi connectivity index (χ0v) is 15.4. The largest absolute Gasteiger partial charge is 0.406 e. The van der Waals surface area contributed by atoms with Gasteiger partial charge in [-0.25, -0.2) is 4.39 Å². The molecule has 0 radical (unpaired) electrons. The second-order valence-electron chi connectivity index (χ2n) is 5.37. The number of benzene rings is 1. The summed E-state index contributed by atoms with van der Waals surface area (Å²) in [6.07, 6.45) is -3.64. The number of rotatable bonds is 8. The zero-order chi connectivity index (χ0) is 19.6. The van der Waals surface area contributed by atoms with Gasteiger partial charge in [-0.3, -0.25) is 9.79 Å². The number of guanidine groups is 1. The van der Waals surface area contributed by atoms with Crippen LogP contribution in [0.15, 0.2) is 34.2 Å². The first-order valence-electron chi connectivity index (χ1n) is 7.85. The number of nitrogens with zero attached hydrogens (tertiary/aromatic N) is 2. The minimum absolute atomic E-state index is 0.277. The molecule has 10 heteroatoms. The maximum Gasteiger partial charge on any atom is 0.406 e. The molecule has 0 aliphatic heterocycles. The predicted molar refractivity (Wildman–Crippen MR) is 94.8 cm³/mol. The number of hydrogen-bond donors (Lipinski definition) is 2. The molecule has 0 aliphatic carbocycles. The number of nitrogens with one attached hydrogen (secondary N) is 2. The quantitative estimate of drug-likeness (QED) is 0.234. The van der Waals surface area contributed by atoms with Crippen LogP contribution in [-0.4, -0.2) is 62.4 Å². The lowest BCUT2D eigenvalue weighted by Gasteiger charge is -2.20. The van der Waals surface area contributed by atoms with Crippen molar-refractivity contribution in [3.05, 3.63) is 30.1 Å². The Kier molecular flexibility index (Phi) is 9.25. The van der Waals surface area contributed by atoms with Gasteiger partial charge in [-0.2, -0.15) is 13.2 Å². The number of amides is 1. The van der Waals surface area contributed by atoms with Crippen LogP contribution >= 0.6 is 11.8 Å². The predicted octanol–water partition coefficient (Wildman–Crippen LogP) is 2.49. The normalized spacial score (nSPS) is 12.0. The van der Waals surface area contributed by atoms with Crippen LogP contribution in [0.4, 0.5) is 17.6 Å². The molecule has 1 aromatic carbocycles. The van der Waals surface area contributed by atoms with Gasteiger partial charge in [-0.05, 0) is 36.4 Å². The molecule has 1 aromatic rings. The summed E-state index contributed by atoms with van der Waals surface area (Å²) < 4.78 is 49.5. The van der Waals surface area contributed by atoms with Gasteiger partial charge in [0.15, 0.2) is 5.96 Å². The highest BCUT2D eigenvalue weighted by Crippen LogP contribution is 2.18. The van der Waals surface area contributed by atoms with Gasteiger partial charge in [0.1, 0.15) is 12.4 Å². The van der Waals surface area contributed by atoms with Gasteiger partial charge in [0.25, 0.3) is 0 Å². The molecule has 0 atom stereocenters. The summed E-state index contributed by atoms with van der Waals surface area (Å²) in [5, 5.41) is 5.66. The van der Waals surface area contributed by atoms with Crippen molar-refractivity contribution in [2.75, 3.05) is 39.5 Å². The molecule has 0 heterocycles. The third-order valence-corrected chi connectivity index (χ3v) is 4.27. The van der Waals surface area contributed by atoms with Crippen molar-refractivity contribution in [1.29, 1.82) is 0 Å². The third kappa shape index (κ3) is 9.50. The Morgan fingerprint density at radius 2 is 1.88 bits per heavy atom. The van der Waals surface area contributed by atoms with Crippen molar-refractivity contribution in [1.82, 2.24) is 15.5 Å². The van der Waals surface area contributed by atoms with Gasteiger partial charge in [0, 0.05) is 25.5 Å². The van der Waals surface area contributed by atoms with Crippen LogP contribution in [0.1, 0.15) is 6.42 Å². The van der Waals surface area contributed by atoms with Crippen molar-refractivity contribution < 1.29 is 22.4 Å². The van der Waals surface area contributed by atoms with Crippen molar-refractivity contribution in [2.24, 2.45) is 4.99 Å². The van der Waals surface area contributed by atoms with Crippen LogP contribution in [0.25, 0.3) is 0 Å². The Balaban J connectivity index is 2.22. The Morgan fingerprint density at radius 1 is 1.23 bits per heavy atom. The summed E-state index contributed by atoms with van der Waals surface area (Å²) >= 11 is 1.58. The summed E-state index contributed by atoms with van der Waals surface area (Å²) in [6.45, 7) is -1.00. The Hall–Kier alpha value is -1.97. The highest BCUT2D eigenvalue weighted by Gasteiger charge is 2.31. The van der Waals surface area contributed by atoms with Crippen LogP contribution in [0.2, 0.25) is 0 Å². The van der Waals surface area contributed by atoms with E-state index in [0.717, 1.165) is 24.1 Å². The fraction of sp³-hybridized carbons (Fsp3) is 0.500. The number of alkyl halides is 3. The molecular formula is C16H22F4N4OS. The number of likely N-dealkylation sites (N-methyl/N-ethyl adjacent to an activating group) is 1. The van der Waals surface area contributed by atoms with Gasteiger partial charge in [-0.15, -0.1) is 11.8 Å². The molecule has 0 aliphatic rings. The summed E-state index contributed by atoms with van der Waals surface area (Å²) in [5.74, 6) is 0.173. The molecule has 0 aromatic heterocycles. The summed E-state index contributed by atoms with van der Waals surface area (Å²) in [4.78, 5) is 17.1. The third-order valence-electron chi connectivity index (χ3n) is 3.17. The second-order valence-corrected chi connectivity index (χ2v) is 6.54. The van der Waals surface area contributed by atoms with Crippen LogP contribution in [-0.2, 0) is 4.79 Å². The number of aliphatic imine (C=N–C) groups is 1. The van der Waals surface area contributed by atoms with E-state index in [0.29, 0.717) is 17.4 Å². The van der Waals surface area contributed by atoms with Crippen molar-refractivity contribution in [2.45, 2.75) is 17.5 Å². The molecule has 146 valence electrons. The average molecular weight is 394 g/mol. The summed E-state index contributed by atoms with van der Waals surface area (Å²) in [6, 6.07) is 6.21. The maximum atomic E-state index is 12.8. The number of thioether (sulfide) groups is 1. The second kappa shape index (κ2) is 10.9. The SMILES string of the molecule is CN=C(NCCCSc1ccc(F)cc1)NCC(=O)N(C)CC(F)(F)F. The Bertz CT molecular complexity index is 593. The van der Waals surface area contributed by atoms with E-state index in [4.69, 9.17) is 0 Å². The van der Waals surface area contributed by atoms with E-state index in [9.17, 15) is 22.4 Å². The Labute approximate surface area is 154 Å². The minimum atomic E-state index is -4.42. The van der Waals surface area contributed by atoms with Crippen molar-refractivity contribution in [3.63, 3.8) is 0 Å². The topological polar surface area (TPSA) is 56.7 Å². The van der Waals surface area contributed by atoms with Crippen LogP contribution in [0.3, 0.4) is 0 Å². The molecular weight excluding hydrogens is 372 g/mol. The molecule has 0 spiro atoms. The highest BCUT2D eigenvalue weighted by atomic mass is 32.2. The van der Waals surface area contributed by atoms with Crippen molar-refractivity contribution in [3.8, 4) is 0 Å². The minimum Gasteiger partial charge on any atom is -0.356 e. The fourth-order valence-corrected chi connectivity index (χ4v) is 2.72. The monoisotopic (exact) mass is 394 g/mol. The standard InChI is InChI=1S/C16H22F4N4OS/c1-21-15(23-10-14(25)24(2)11-16(18,19)20)22-8-3-9-26-13-6-4-12(17)5-7-13/h4-7H,3,8-11H2,1-2H3,(H2,21,22,23). The van der Waals surface area contributed by atoms with E-state index in [1.54, 1.807) is 23.9 Å². The molecule has 0 unspecified atom stereocenters. The average Bonchev–Trinajstić information content (AvgIpc) is 2.57. The first kappa shape index (κ1) is 22.1. The molecule has 1 amide bonds. The molecule has 1 rings (SSSR count). The maximum absolute atomic E-state index is 12.8. The van der Waals surface area contributed by atoms with Crippen LogP contribution in [0, 0.1) is 5.82 Å². The van der Waals surface area contributed by atoms with E-state index in [1.807, 2.05) is 0 Å². The first-order chi connectivity index (χ1) is 12.2. The lowest BCUT2D eigenvalue weighted by molar-refractivity contribution is -0.157. The van der Waals surface area contributed by atoms with E-state index in [2.05, 4.69) is 15.6 Å². The first-order valence-corrected chi connectivity index (χ1v) is 8.83. The molecule has 0 saturated heterocycles. The fourth-order valence-electron chi connectivity index (χ4n) is 1.87. The summed E-state index contributed by atoms with van der Waals surface area (Å²) in [5.41, 5.74) is 0. The molecule has 5 nitrogen and oxygen atoms in total. The lowest BCUT2D eigenvalue weighted by Crippen LogP contribution is -2.45. The van der Waals surface area contributed by atoms with Gasteiger partial charge >= 0.3 is 6.18 Å². The van der Waals surface area contributed by atoms with Gasteiger partial charge < -0.3 is 15.5 Å². The van der Waals surface area contributed by atoms with E-state index < -0.39 is 18.6 Å². The van der Waals surface area contributed by atoms with Crippen molar-refractivity contribution >= 4 is 23.6 Å². The molecule has 0 fully saturated rings. The lowest BCUT2D eigenvalue weighted by atomic mass is 10.4. The number of carbonyl (C=O) groups excluding carboxylic acids is 1. The van der Waals surface area contributed by atoms with Crippen LogP contribution in [0.5, 0.6) is 0 Å². The Morgan fingerprint density at radius 3 is 2.46 bits per heavy atom. The van der Waals surface area contributed by atoms with E-state index in [1.165, 1.54) is 19.2 Å². The number of carbonyl (C=O) groups is 1. The zero-order valence-electron chi connectivity index (χ0n) is 14.6. The number of halogens is 4. The van der Waals surface area contributed by atoms with Gasteiger partial charge in [-0.1, -0.05) is 0 Å². The van der Waals surface area contributed by atoms with Crippen LogP contribution < -0.4 is 10.6 Å². The van der Waals surface area contributed by atoms with Gasteiger partial charge in [0.05, 0.1) is 6.54 Å². The highest BCUT2D eigenvalue weighted by molar-refractivity contribution is 7.99. The molecule has 26 heavy (non-hydrogen) atoms. The molecule has 0 bridgehead atoms. The summed E-state index contributed by atoms with van der Waals surface area (Å²) in [7, 11) is 2.60. The van der Waals surface area contributed by atoms with Gasteiger partial charge in [0.2, 0.25) is 5.91 Å². The smallest absolute Gasteiger partial charge is 0.356 e. The van der Waals surface area contributed by atoms with E-state index >= 15 is 0 Å². The number of hydrogen-bond acceptors (Lipinski definition) is 3. The molecule has 2 N–H and O–H groups in total. The molecule has 0 saturated carbocycles. The van der Waals surface area contributed by atoms with E-state index in [-0.39, 0.29) is 12.4 Å².